The van der Waals surface area contributed by atoms with Crippen molar-refractivity contribution in [3.63, 3.8) is 0 Å². The minimum atomic E-state index is 0.842. The Labute approximate surface area is 305 Å². The molecular weight excluding hydrogens is 657 g/mol. The first-order valence-corrected chi connectivity index (χ1v) is 22.0. The smallest absolute Gasteiger partial charge is 0.142 e. The first-order valence-electron chi connectivity index (χ1n) is 17.2. The van der Waals surface area contributed by atoms with Crippen molar-refractivity contribution < 1.29 is 9.47 Å². The van der Waals surface area contributed by atoms with Gasteiger partial charge in [-0.1, -0.05) is 65.8 Å². The standard InChI is InChI=1S/2C11H19NOSi.2C8H13NSi/c1-12(2)10-5-3-6-11(9-10)13-7-4-8-14;1-12(2)10-6-3-4-7-11(10)13-8-5-9-14;1-9(2)7-4-3-5-8(10)6-7;1-9(2)7-5-3-4-6-8(7)10/h3,5-6,9H,4,7-8H2,1-2,14H3;3-4,6-7H,5,8-9H2,1-2,14H3;2*3-6H,1-2,10H3. The van der Waals surface area contributed by atoms with Gasteiger partial charge in [0.1, 0.15) is 11.5 Å². The lowest BCUT2D eigenvalue weighted by molar-refractivity contribution is 0.317. The fraction of sp³-hybridized carbons (Fsp3) is 0.368. The summed E-state index contributed by atoms with van der Waals surface area (Å²) in [6, 6.07) is 36.1. The first-order chi connectivity index (χ1) is 22.9. The van der Waals surface area contributed by atoms with Crippen molar-refractivity contribution >= 4 is 74.1 Å². The molecule has 6 nitrogen and oxygen atoms in total. The number of nitrogens with zero attached hydrogens (tertiary/aromatic N) is 4. The number of ether oxygens (including phenoxy) is 2. The van der Waals surface area contributed by atoms with Crippen molar-refractivity contribution in [2.75, 3.05) is 89.2 Å². The highest BCUT2D eigenvalue weighted by Crippen LogP contribution is 2.26. The van der Waals surface area contributed by atoms with Gasteiger partial charge >= 0.3 is 0 Å². The van der Waals surface area contributed by atoms with Gasteiger partial charge < -0.3 is 29.1 Å². The molecule has 4 aromatic rings. The second-order valence-electron chi connectivity index (χ2n) is 12.6. The highest BCUT2D eigenvalue weighted by molar-refractivity contribution is 6.35. The molecule has 0 spiro atoms. The Bertz CT molecular complexity index is 1420. The third kappa shape index (κ3) is 17.6. The topological polar surface area (TPSA) is 31.4 Å². The van der Waals surface area contributed by atoms with E-state index in [1.165, 1.54) is 72.9 Å². The first kappa shape index (κ1) is 42.6. The van der Waals surface area contributed by atoms with Gasteiger partial charge in [-0.2, -0.15) is 0 Å². The predicted octanol–water partition coefficient (Wildman–Crippen LogP) is 2.10. The molecular formula is C38H64N4O2Si4. The van der Waals surface area contributed by atoms with Gasteiger partial charge in [0, 0.05) is 120 Å². The number of para-hydroxylation sites is 3. The van der Waals surface area contributed by atoms with Gasteiger partial charge in [0.05, 0.1) is 18.9 Å². The molecule has 0 bridgehead atoms. The van der Waals surface area contributed by atoms with Crippen LogP contribution < -0.4 is 39.4 Å². The third-order valence-electron chi connectivity index (χ3n) is 7.32. The molecule has 4 aromatic carbocycles. The van der Waals surface area contributed by atoms with Crippen LogP contribution in [0.2, 0.25) is 12.1 Å². The lowest BCUT2D eigenvalue weighted by Gasteiger charge is -2.17. The van der Waals surface area contributed by atoms with Crippen LogP contribution >= 0.6 is 0 Å². The maximum absolute atomic E-state index is 5.72. The molecule has 0 saturated carbocycles. The zero-order valence-electron chi connectivity index (χ0n) is 32.1. The van der Waals surface area contributed by atoms with Crippen molar-refractivity contribution in [3.8, 4) is 11.5 Å². The van der Waals surface area contributed by atoms with Gasteiger partial charge in [0.15, 0.2) is 0 Å². The number of hydrogen-bond donors (Lipinski definition) is 0. The van der Waals surface area contributed by atoms with Gasteiger partial charge in [-0.05, 0) is 60.5 Å². The van der Waals surface area contributed by atoms with Crippen LogP contribution in [0, 0.1) is 0 Å². The molecule has 0 atom stereocenters. The van der Waals surface area contributed by atoms with E-state index in [1.54, 1.807) is 0 Å². The Morgan fingerprint density at radius 1 is 0.500 bits per heavy atom. The molecule has 0 fully saturated rings. The lowest BCUT2D eigenvalue weighted by Crippen LogP contribution is -2.18. The van der Waals surface area contributed by atoms with E-state index in [0.717, 1.165) is 50.9 Å². The number of hydrogen-bond acceptors (Lipinski definition) is 6. The summed E-state index contributed by atoms with van der Waals surface area (Å²) in [6.45, 7) is 1.69. The molecule has 4 rings (SSSR count). The van der Waals surface area contributed by atoms with Crippen molar-refractivity contribution in [2.24, 2.45) is 0 Å². The van der Waals surface area contributed by atoms with E-state index in [1.807, 2.05) is 58.5 Å². The average Bonchev–Trinajstić information content (AvgIpc) is 3.06. The molecule has 0 unspecified atom stereocenters. The average molecular weight is 721 g/mol. The number of anilines is 4. The Morgan fingerprint density at radius 3 is 1.48 bits per heavy atom. The Balaban J connectivity index is 0.000000324. The van der Waals surface area contributed by atoms with Crippen LogP contribution in [0.25, 0.3) is 0 Å². The SMILES string of the molecule is CN(C)c1cccc(OCCC[SiH3])c1.CN(C)c1cccc([SiH3])c1.CN(C)c1ccccc1OCCC[SiH3].CN(C)c1ccccc1[SiH3]. The fourth-order valence-corrected chi connectivity index (χ4v) is 6.30. The predicted molar refractivity (Wildman–Crippen MR) is 232 cm³/mol. The van der Waals surface area contributed by atoms with E-state index in [-0.39, 0.29) is 0 Å². The van der Waals surface area contributed by atoms with Crippen LogP contribution in [0.4, 0.5) is 22.7 Å². The normalized spacial score (nSPS) is 10.0. The van der Waals surface area contributed by atoms with Crippen LogP contribution in [-0.4, -0.2) is 111 Å². The quantitative estimate of drug-likeness (QED) is 0.165. The molecule has 0 aliphatic heterocycles. The van der Waals surface area contributed by atoms with E-state index in [2.05, 4.69) is 115 Å². The third-order valence-corrected chi connectivity index (χ3v) is 10.2. The van der Waals surface area contributed by atoms with E-state index in [0.29, 0.717) is 0 Å². The molecule has 264 valence electrons. The molecule has 0 aliphatic rings. The monoisotopic (exact) mass is 720 g/mol. The number of rotatable bonds is 12. The summed E-state index contributed by atoms with van der Waals surface area (Å²) in [4.78, 5) is 8.44. The molecule has 0 N–H and O–H groups in total. The highest BCUT2D eigenvalue weighted by Gasteiger charge is 2.03. The second kappa shape index (κ2) is 24.7. The maximum atomic E-state index is 5.72. The summed E-state index contributed by atoms with van der Waals surface area (Å²) in [5.74, 6) is 1.97. The summed E-state index contributed by atoms with van der Waals surface area (Å²) >= 11 is 0. The summed E-state index contributed by atoms with van der Waals surface area (Å²) in [5, 5.41) is 2.92. The van der Waals surface area contributed by atoms with Gasteiger partial charge in [-0.15, -0.1) is 0 Å². The molecule has 0 radical (unpaired) electrons. The number of benzene rings is 4. The second-order valence-corrected chi connectivity index (χ2v) is 16.8. The minimum Gasteiger partial charge on any atom is -0.494 e. The molecule has 0 heterocycles. The van der Waals surface area contributed by atoms with Gasteiger partial charge in [-0.3, -0.25) is 0 Å². The summed E-state index contributed by atoms with van der Waals surface area (Å²) in [7, 11) is 21.3. The molecule has 0 saturated heterocycles. The summed E-state index contributed by atoms with van der Waals surface area (Å²) in [6.07, 6.45) is 2.35. The largest absolute Gasteiger partial charge is 0.494 e. The van der Waals surface area contributed by atoms with Crippen LogP contribution in [0.3, 0.4) is 0 Å². The summed E-state index contributed by atoms with van der Waals surface area (Å²) < 4.78 is 11.4. The maximum Gasteiger partial charge on any atom is 0.142 e. The molecule has 0 aliphatic carbocycles. The Hall–Kier alpha value is -3.45. The zero-order valence-corrected chi connectivity index (χ0v) is 40.1. The fourth-order valence-electron chi connectivity index (χ4n) is 4.43. The van der Waals surface area contributed by atoms with Crippen LogP contribution in [0.5, 0.6) is 11.5 Å². The summed E-state index contributed by atoms with van der Waals surface area (Å²) in [5.41, 5.74) is 5.00. The molecule has 0 aromatic heterocycles. The highest BCUT2D eigenvalue weighted by atomic mass is 28.2. The van der Waals surface area contributed by atoms with Crippen LogP contribution in [0.1, 0.15) is 12.8 Å². The van der Waals surface area contributed by atoms with Crippen molar-refractivity contribution in [3.05, 3.63) is 97.1 Å². The van der Waals surface area contributed by atoms with Gasteiger partial charge in [0.2, 0.25) is 0 Å². The van der Waals surface area contributed by atoms with Crippen molar-refractivity contribution in [1.29, 1.82) is 0 Å². The van der Waals surface area contributed by atoms with Gasteiger partial charge in [0.25, 0.3) is 0 Å². The van der Waals surface area contributed by atoms with E-state index >= 15 is 0 Å². The minimum absolute atomic E-state index is 0.842. The van der Waals surface area contributed by atoms with Crippen LogP contribution in [0.15, 0.2) is 97.1 Å². The van der Waals surface area contributed by atoms with E-state index < -0.39 is 0 Å². The van der Waals surface area contributed by atoms with Crippen molar-refractivity contribution in [2.45, 2.75) is 24.9 Å². The molecule has 48 heavy (non-hydrogen) atoms. The van der Waals surface area contributed by atoms with Crippen molar-refractivity contribution in [1.82, 2.24) is 0 Å². The lowest BCUT2D eigenvalue weighted by atomic mass is 10.3. The zero-order chi connectivity index (χ0) is 35.9. The van der Waals surface area contributed by atoms with E-state index in [4.69, 9.17) is 9.47 Å². The molecule has 10 heteroatoms. The Morgan fingerprint density at radius 2 is 1.00 bits per heavy atom. The Kier molecular flexibility index (Phi) is 21.9. The molecule has 0 amide bonds. The van der Waals surface area contributed by atoms with Gasteiger partial charge in [-0.25, -0.2) is 0 Å². The van der Waals surface area contributed by atoms with Crippen LogP contribution in [-0.2, 0) is 0 Å². The van der Waals surface area contributed by atoms with E-state index in [9.17, 15) is 0 Å².